The lowest BCUT2D eigenvalue weighted by atomic mass is 10.1. The molecule has 1 aliphatic rings. The SMILES string of the molecule is COc1cccc(CN2CCN(Cc3ccn(C)c(=O)c3)CC2C)n1. The molecular weight excluding hydrogens is 316 g/mol. The summed E-state index contributed by atoms with van der Waals surface area (Å²) in [6, 6.07) is 10.1. The van der Waals surface area contributed by atoms with E-state index in [1.807, 2.05) is 30.5 Å². The minimum atomic E-state index is 0.0493. The molecule has 0 aromatic carbocycles. The van der Waals surface area contributed by atoms with Crippen molar-refractivity contribution in [2.75, 3.05) is 26.7 Å². The number of aryl methyl sites for hydroxylation is 1. The summed E-state index contributed by atoms with van der Waals surface area (Å²) in [5.74, 6) is 0.662. The fraction of sp³-hybridized carbons (Fsp3) is 0.474. The molecule has 0 spiro atoms. The molecule has 1 unspecified atom stereocenters. The standard InChI is InChI=1S/C19H26N4O2/c1-15-12-22(13-16-7-8-21(2)19(24)11-16)9-10-23(15)14-17-5-4-6-18(20-17)25-3/h4-8,11,15H,9-10,12-14H2,1-3H3. The van der Waals surface area contributed by atoms with Gasteiger partial charge in [-0.15, -0.1) is 0 Å². The van der Waals surface area contributed by atoms with E-state index in [4.69, 9.17) is 4.74 Å². The number of hydrogen-bond donors (Lipinski definition) is 0. The molecule has 0 amide bonds. The van der Waals surface area contributed by atoms with Gasteiger partial charge in [-0.25, -0.2) is 4.98 Å². The third kappa shape index (κ3) is 4.46. The number of pyridine rings is 2. The van der Waals surface area contributed by atoms with E-state index in [-0.39, 0.29) is 5.56 Å². The zero-order valence-electron chi connectivity index (χ0n) is 15.2. The lowest BCUT2D eigenvalue weighted by Crippen LogP contribution is -2.51. The molecule has 6 nitrogen and oxygen atoms in total. The van der Waals surface area contributed by atoms with Crippen LogP contribution in [0.15, 0.2) is 41.3 Å². The fourth-order valence-electron chi connectivity index (χ4n) is 3.26. The molecule has 1 aliphatic heterocycles. The zero-order valence-corrected chi connectivity index (χ0v) is 15.2. The van der Waals surface area contributed by atoms with Crippen LogP contribution in [0.5, 0.6) is 5.88 Å². The van der Waals surface area contributed by atoms with E-state index >= 15 is 0 Å². The summed E-state index contributed by atoms with van der Waals surface area (Å²) in [4.78, 5) is 21.1. The maximum Gasteiger partial charge on any atom is 0.250 e. The van der Waals surface area contributed by atoms with Crippen LogP contribution in [0.4, 0.5) is 0 Å². The molecule has 0 saturated carbocycles. The van der Waals surface area contributed by atoms with Crippen molar-refractivity contribution in [3.8, 4) is 5.88 Å². The Hall–Kier alpha value is -2.18. The Labute approximate surface area is 148 Å². The summed E-state index contributed by atoms with van der Waals surface area (Å²) in [5.41, 5.74) is 2.16. The van der Waals surface area contributed by atoms with E-state index in [0.717, 1.165) is 44.0 Å². The first-order valence-electron chi connectivity index (χ1n) is 8.67. The maximum absolute atomic E-state index is 11.8. The molecule has 0 aliphatic carbocycles. The van der Waals surface area contributed by atoms with Crippen LogP contribution in [0, 0.1) is 0 Å². The Morgan fingerprint density at radius 2 is 2.08 bits per heavy atom. The topological polar surface area (TPSA) is 50.6 Å². The summed E-state index contributed by atoms with van der Waals surface area (Å²) >= 11 is 0. The molecule has 1 saturated heterocycles. The molecule has 2 aromatic rings. The lowest BCUT2D eigenvalue weighted by Gasteiger charge is -2.39. The third-order valence-electron chi connectivity index (χ3n) is 4.78. The van der Waals surface area contributed by atoms with Crippen LogP contribution in [-0.2, 0) is 20.1 Å². The largest absolute Gasteiger partial charge is 0.481 e. The molecule has 0 bridgehead atoms. The Balaban J connectivity index is 1.58. The Bertz CT molecular complexity index is 774. The highest BCUT2D eigenvalue weighted by atomic mass is 16.5. The average Bonchev–Trinajstić information content (AvgIpc) is 2.61. The number of piperazine rings is 1. The highest BCUT2D eigenvalue weighted by Gasteiger charge is 2.24. The normalized spacial score (nSPS) is 19.1. The predicted molar refractivity (Wildman–Crippen MR) is 97.6 cm³/mol. The quantitative estimate of drug-likeness (QED) is 0.824. The summed E-state index contributed by atoms with van der Waals surface area (Å²) in [6.07, 6.45) is 1.84. The molecule has 134 valence electrons. The second-order valence-electron chi connectivity index (χ2n) is 6.71. The first kappa shape index (κ1) is 17.6. The lowest BCUT2D eigenvalue weighted by molar-refractivity contribution is 0.0722. The molecule has 1 fully saturated rings. The molecule has 0 radical (unpaired) electrons. The summed E-state index contributed by atoms with van der Waals surface area (Å²) in [5, 5.41) is 0. The highest BCUT2D eigenvalue weighted by Crippen LogP contribution is 2.16. The van der Waals surface area contributed by atoms with E-state index < -0.39 is 0 Å². The Morgan fingerprint density at radius 1 is 1.24 bits per heavy atom. The second-order valence-corrected chi connectivity index (χ2v) is 6.71. The monoisotopic (exact) mass is 342 g/mol. The Morgan fingerprint density at radius 3 is 2.80 bits per heavy atom. The van der Waals surface area contributed by atoms with Crippen LogP contribution in [-0.4, -0.2) is 52.1 Å². The van der Waals surface area contributed by atoms with Crippen LogP contribution in [0.1, 0.15) is 18.2 Å². The van der Waals surface area contributed by atoms with Gasteiger partial charge in [0, 0.05) is 64.1 Å². The molecule has 3 rings (SSSR count). The van der Waals surface area contributed by atoms with E-state index in [9.17, 15) is 4.79 Å². The minimum absolute atomic E-state index is 0.0493. The molecule has 25 heavy (non-hydrogen) atoms. The van der Waals surface area contributed by atoms with E-state index in [2.05, 4.69) is 21.7 Å². The van der Waals surface area contributed by atoms with E-state index in [1.54, 1.807) is 24.8 Å². The zero-order chi connectivity index (χ0) is 17.8. The number of aromatic nitrogens is 2. The van der Waals surface area contributed by atoms with Crippen molar-refractivity contribution < 1.29 is 4.74 Å². The summed E-state index contributed by atoms with van der Waals surface area (Å²) < 4.78 is 6.81. The number of nitrogens with zero attached hydrogens (tertiary/aromatic N) is 4. The summed E-state index contributed by atoms with van der Waals surface area (Å²) in [7, 11) is 3.42. The molecule has 0 N–H and O–H groups in total. The highest BCUT2D eigenvalue weighted by molar-refractivity contribution is 5.16. The van der Waals surface area contributed by atoms with Crippen molar-refractivity contribution in [2.45, 2.75) is 26.1 Å². The van der Waals surface area contributed by atoms with Crippen molar-refractivity contribution in [3.05, 3.63) is 58.1 Å². The van der Waals surface area contributed by atoms with Gasteiger partial charge in [-0.05, 0) is 24.6 Å². The van der Waals surface area contributed by atoms with Crippen LogP contribution >= 0.6 is 0 Å². The fourth-order valence-corrected chi connectivity index (χ4v) is 3.26. The average molecular weight is 342 g/mol. The molecule has 2 aromatic heterocycles. The molecule has 3 heterocycles. The van der Waals surface area contributed by atoms with Gasteiger partial charge in [0.2, 0.25) is 5.88 Å². The first-order chi connectivity index (χ1) is 12.0. The molecule has 1 atom stereocenters. The number of hydrogen-bond acceptors (Lipinski definition) is 5. The smallest absolute Gasteiger partial charge is 0.250 e. The third-order valence-corrected chi connectivity index (χ3v) is 4.78. The van der Waals surface area contributed by atoms with Crippen LogP contribution < -0.4 is 10.3 Å². The second kappa shape index (κ2) is 7.80. The minimum Gasteiger partial charge on any atom is -0.481 e. The van der Waals surface area contributed by atoms with E-state index in [0.29, 0.717) is 11.9 Å². The van der Waals surface area contributed by atoms with Crippen molar-refractivity contribution in [2.24, 2.45) is 7.05 Å². The van der Waals surface area contributed by atoms with Gasteiger partial charge in [0.25, 0.3) is 5.56 Å². The van der Waals surface area contributed by atoms with Crippen molar-refractivity contribution in [1.82, 2.24) is 19.4 Å². The molecular formula is C19H26N4O2. The van der Waals surface area contributed by atoms with Gasteiger partial charge < -0.3 is 9.30 Å². The summed E-state index contributed by atoms with van der Waals surface area (Å²) in [6.45, 7) is 6.87. The van der Waals surface area contributed by atoms with Gasteiger partial charge in [0.15, 0.2) is 0 Å². The van der Waals surface area contributed by atoms with Crippen LogP contribution in [0.25, 0.3) is 0 Å². The van der Waals surface area contributed by atoms with Gasteiger partial charge in [0.1, 0.15) is 0 Å². The van der Waals surface area contributed by atoms with Crippen LogP contribution in [0.2, 0.25) is 0 Å². The molecule has 6 heteroatoms. The number of ether oxygens (including phenoxy) is 1. The van der Waals surface area contributed by atoms with Crippen molar-refractivity contribution >= 4 is 0 Å². The van der Waals surface area contributed by atoms with Crippen molar-refractivity contribution in [1.29, 1.82) is 0 Å². The van der Waals surface area contributed by atoms with Gasteiger partial charge in [-0.1, -0.05) is 6.07 Å². The van der Waals surface area contributed by atoms with Gasteiger partial charge >= 0.3 is 0 Å². The van der Waals surface area contributed by atoms with Gasteiger partial charge in [-0.3, -0.25) is 14.6 Å². The van der Waals surface area contributed by atoms with Gasteiger partial charge in [0.05, 0.1) is 12.8 Å². The Kier molecular flexibility index (Phi) is 5.50. The number of methoxy groups -OCH3 is 1. The van der Waals surface area contributed by atoms with Gasteiger partial charge in [-0.2, -0.15) is 0 Å². The van der Waals surface area contributed by atoms with E-state index in [1.165, 1.54) is 0 Å². The number of rotatable bonds is 5. The maximum atomic E-state index is 11.8. The van der Waals surface area contributed by atoms with Crippen LogP contribution in [0.3, 0.4) is 0 Å². The van der Waals surface area contributed by atoms with Crippen molar-refractivity contribution in [3.63, 3.8) is 0 Å². The first-order valence-corrected chi connectivity index (χ1v) is 8.67. The predicted octanol–water partition coefficient (Wildman–Crippen LogP) is 1.50.